The van der Waals surface area contributed by atoms with Crippen molar-refractivity contribution in [2.24, 2.45) is 5.41 Å². The average molecular weight is 291 g/mol. The highest BCUT2D eigenvalue weighted by Crippen LogP contribution is 2.27. The molecule has 0 spiro atoms. The minimum atomic E-state index is -1.06. The fourth-order valence-corrected chi connectivity index (χ4v) is 2.30. The van der Waals surface area contributed by atoms with Crippen LogP contribution < -0.4 is 0 Å². The van der Waals surface area contributed by atoms with Crippen molar-refractivity contribution in [3.05, 3.63) is 34.4 Å². The normalized spacial score (nSPS) is 12.9. The summed E-state index contributed by atoms with van der Waals surface area (Å²) in [5, 5.41) is 9.43. The monoisotopic (exact) mass is 291 g/mol. The van der Waals surface area contributed by atoms with Gasteiger partial charge < -0.3 is 10.0 Å². The number of carboxylic acids is 1. The van der Waals surface area contributed by atoms with Gasteiger partial charge in [-0.1, -0.05) is 32.9 Å². The lowest BCUT2D eigenvalue weighted by Gasteiger charge is -2.36. The van der Waals surface area contributed by atoms with Crippen molar-refractivity contribution in [3.63, 3.8) is 0 Å². The third-order valence-corrected chi connectivity index (χ3v) is 4.20. The number of amides is 1. The van der Waals surface area contributed by atoms with E-state index in [1.54, 1.807) is 37.9 Å². The van der Waals surface area contributed by atoms with Gasteiger partial charge >= 0.3 is 5.97 Å². The largest absolute Gasteiger partial charge is 0.478 e. The molecule has 0 aliphatic rings. The Bertz CT molecular complexity index is 570. The van der Waals surface area contributed by atoms with E-state index in [4.69, 9.17) is 0 Å². The van der Waals surface area contributed by atoms with Crippen molar-refractivity contribution in [2.45, 2.75) is 47.6 Å². The number of aryl methyl sites for hydroxylation is 2. The van der Waals surface area contributed by atoms with Gasteiger partial charge in [-0.25, -0.2) is 4.79 Å². The van der Waals surface area contributed by atoms with Gasteiger partial charge in [0, 0.05) is 13.1 Å². The predicted octanol–water partition coefficient (Wildman–Crippen LogP) is 3.51. The highest BCUT2D eigenvalue weighted by atomic mass is 16.4. The smallest absolute Gasteiger partial charge is 0.336 e. The first-order valence-corrected chi connectivity index (χ1v) is 7.09. The van der Waals surface area contributed by atoms with Crippen LogP contribution in [0.5, 0.6) is 0 Å². The number of benzene rings is 1. The number of carbonyl (C=O) groups excluding carboxylic acids is 1. The van der Waals surface area contributed by atoms with Gasteiger partial charge in [-0.2, -0.15) is 0 Å². The van der Waals surface area contributed by atoms with Crippen LogP contribution in [0.15, 0.2) is 12.1 Å². The number of hydrogen-bond acceptors (Lipinski definition) is 2. The van der Waals surface area contributed by atoms with E-state index in [-0.39, 0.29) is 22.9 Å². The quantitative estimate of drug-likeness (QED) is 0.927. The van der Waals surface area contributed by atoms with E-state index in [1.165, 1.54) is 0 Å². The standard InChI is InChI=1S/C17H25NO3/c1-10-8-9-11(2)14(16(20)21)13(10)15(19)18(7)12(3)17(4,5)6/h8-9,12H,1-7H3,(H,20,21). The number of nitrogens with zero attached hydrogens (tertiary/aromatic N) is 1. The van der Waals surface area contributed by atoms with Crippen LogP contribution in [0.25, 0.3) is 0 Å². The summed E-state index contributed by atoms with van der Waals surface area (Å²) in [5.74, 6) is -1.30. The van der Waals surface area contributed by atoms with E-state index in [0.717, 1.165) is 0 Å². The molecule has 0 saturated carbocycles. The number of carbonyl (C=O) groups is 2. The van der Waals surface area contributed by atoms with Crippen LogP contribution in [0, 0.1) is 19.3 Å². The molecule has 21 heavy (non-hydrogen) atoms. The molecule has 116 valence electrons. The summed E-state index contributed by atoms with van der Waals surface area (Å²) < 4.78 is 0. The maximum absolute atomic E-state index is 12.8. The lowest BCUT2D eigenvalue weighted by molar-refractivity contribution is 0.0608. The summed E-state index contributed by atoms with van der Waals surface area (Å²) >= 11 is 0. The fraction of sp³-hybridized carbons (Fsp3) is 0.529. The zero-order chi connectivity index (χ0) is 16.5. The second kappa shape index (κ2) is 5.88. The summed E-state index contributed by atoms with van der Waals surface area (Å²) in [6, 6.07) is 3.53. The first kappa shape index (κ1) is 17.2. The summed E-state index contributed by atoms with van der Waals surface area (Å²) in [7, 11) is 1.73. The molecular weight excluding hydrogens is 266 g/mol. The third-order valence-electron chi connectivity index (χ3n) is 4.20. The molecule has 0 heterocycles. The SMILES string of the molecule is Cc1ccc(C)c(C(=O)N(C)C(C)C(C)(C)C)c1C(=O)O. The van der Waals surface area contributed by atoms with E-state index in [2.05, 4.69) is 20.8 Å². The zero-order valence-corrected chi connectivity index (χ0v) is 13.9. The van der Waals surface area contributed by atoms with Gasteiger partial charge in [0.2, 0.25) is 0 Å². The minimum absolute atomic E-state index is 0.00782. The molecule has 0 radical (unpaired) electrons. The van der Waals surface area contributed by atoms with Crippen molar-refractivity contribution in [2.75, 3.05) is 7.05 Å². The third kappa shape index (κ3) is 3.43. The highest BCUT2D eigenvalue weighted by molar-refractivity contribution is 6.06. The molecule has 1 aromatic rings. The Hall–Kier alpha value is -1.84. The van der Waals surface area contributed by atoms with Gasteiger partial charge in [0.1, 0.15) is 0 Å². The lowest BCUT2D eigenvalue weighted by atomic mass is 9.86. The first-order valence-electron chi connectivity index (χ1n) is 7.09. The van der Waals surface area contributed by atoms with Crippen LogP contribution in [0.4, 0.5) is 0 Å². The molecule has 0 aromatic heterocycles. The molecule has 0 fully saturated rings. The molecule has 0 aliphatic carbocycles. The van der Waals surface area contributed by atoms with Crippen LogP contribution in [-0.4, -0.2) is 35.0 Å². The average Bonchev–Trinajstić information content (AvgIpc) is 2.37. The Labute approximate surface area is 126 Å². The molecule has 1 N–H and O–H groups in total. The van der Waals surface area contributed by atoms with E-state index < -0.39 is 5.97 Å². The molecule has 1 aromatic carbocycles. The second-order valence-electron chi connectivity index (χ2n) is 6.71. The Morgan fingerprint density at radius 1 is 1.10 bits per heavy atom. The van der Waals surface area contributed by atoms with Gasteiger partial charge in [0.15, 0.2) is 0 Å². The maximum Gasteiger partial charge on any atom is 0.336 e. The number of aromatic carboxylic acids is 1. The molecule has 0 bridgehead atoms. The van der Waals surface area contributed by atoms with Crippen molar-refractivity contribution >= 4 is 11.9 Å². The first-order chi connectivity index (χ1) is 9.48. The van der Waals surface area contributed by atoms with Crippen molar-refractivity contribution in [1.82, 2.24) is 4.90 Å². The van der Waals surface area contributed by atoms with E-state index in [1.807, 2.05) is 6.92 Å². The topological polar surface area (TPSA) is 57.6 Å². The van der Waals surface area contributed by atoms with Crippen molar-refractivity contribution < 1.29 is 14.7 Å². The van der Waals surface area contributed by atoms with Crippen LogP contribution in [0.2, 0.25) is 0 Å². The summed E-state index contributed by atoms with van der Waals surface area (Å²) in [4.78, 5) is 25.9. The van der Waals surface area contributed by atoms with Crippen molar-refractivity contribution in [3.8, 4) is 0 Å². The molecule has 1 atom stereocenters. The molecule has 4 nitrogen and oxygen atoms in total. The molecule has 0 aliphatic heterocycles. The number of rotatable bonds is 3. The van der Waals surface area contributed by atoms with Crippen molar-refractivity contribution in [1.29, 1.82) is 0 Å². The predicted molar refractivity (Wildman–Crippen MR) is 83.9 cm³/mol. The lowest BCUT2D eigenvalue weighted by Crippen LogP contribution is -2.43. The van der Waals surface area contributed by atoms with Gasteiger partial charge in [-0.3, -0.25) is 4.79 Å². The molecular formula is C17H25NO3. The summed E-state index contributed by atoms with van der Waals surface area (Å²) in [6.45, 7) is 11.6. The van der Waals surface area contributed by atoms with Gasteiger partial charge in [0.05, 0.1) is 11.1 Å². The summed E-state index contributed by atoms with van der Waals surface area (Å²) in [5.41, 5.74) is 1.62. The molecule has 1 rings (SSSR count). The van der Waals surface area contributed by atoms with Crippen LogP contribution in [0.3, 0.4) is 0 Å². The minimum Gasteiger partial charge on any atom is -0.478 e. The Morgan fingerprint density at radius 3 is 1.90 bits per heavy atom. The van der Waals surface area contributed by atoms with Gasteiger partial charge in [-0.05, 0) is 37.3 Å². The molecule has 1 amide bonds. The van der Waals surface area contributed by atoms with Crippen LogP contribution in [0.1, 0.15) is 59.5 Å². The molecule has 1 unspecified atom stereocenters. The number of hydrogen-bond donors (Lipinski definition) is 1. The second-order valence-corrected chi connectivity index (χ2v) is 6.71. The molecule has 4 heteroatoms. The van der Waals surface area contributed by atoms with Crippen LogP contribution in [-0.2, 0) is 0 Å². The Balaban J connectivity index is 3.37. The van der Waals surface area contributed by atoms with Gasteiger partial charge in [0.25, 0.3) is 5.91 Å². The fourth-order valence-electron chi connectivity index (χ4n) is 2.30. The Kier molecular flexibility index (Phi) is 4.82. The highest BCUT2D eigenvalue weighted by Gasteiger charge is 2.30. The number of carboxylic acid groups (broad SMARTS) is 1. The van der Waals surface area contributed by atoms with E-state index in [0.29, 0.717) is 16.7 Å². The van der Waals surface area contributed by atoms with E-state index in [9.17, 15) is 14.7 Å². The van der Waals surface area contributed by atoms with Gasteiger partial charge in [-0.15, -0.1) is 0 Å². The maximum atomic E-state index is 12.8. The zero-order valence-electron chi connectivity index (χ0n) is 13.9. The van der Waals surface area contributed by atoms with E-state index >= 15 is 0 Å². The molecule has 0 saturated heterocycles. The summed E-state index contributed by atoms with van der Waals surface area (Å²) in [6.07, 6.45) is 0. The van der Waals surface area contributed by atoms with Crippen LogP contribution >= 0.6 is 0 Å². The Morgan fingerprint density at radius 2 is 1.52 bits per heavy atom.